The highest BCUT2D eigenvalue weighted by atomic mass is 16.5. The van der Waals surface area contributed by atoms with E-state index >= 15 is 0 Å². The lowest BCUT2D eigenvalue weighted by Crippen LogP contribution is -2.45. The van der Waals surface area contributed by atoms with Crippen molar-refractivity contribution in [3.63, 3.8) is 0 Å². The van der Waals surface area contributed by atoms with E-state index in [4.69, 9.17) is 4.52 Å². The second kappa shape index (κ2) is 6.66. The van der Waals surface area contributed by atoms with Crippen molar-refractivity contribution in [1.82, 2.24) is 10.1 Å². The highest BCUT2D eigenvalue weighted by Gasteiger charge is 2.36. The molecule has 1 saturated carbocycles. The molecule has 2 atom stereocenters. The van der Waals surface area contributed by atoms with Gasteiger partial charge in [0.2, 0.25) is 0 Å². The van der Waals surface area contributed by atoms with Gasteiger partial charge in [0.15, 0.2) is 5.69 Å². The molecule has 2 heterocycles. The number of hydrogen-bond acceptors (Lipinski definition) is 3. The van der Waals surface area contributed by atoms with Crippen LogP contribution < -0.4 is 0 Å². The van der Waals surface area contributed by atoms with Gasteiger partial charge in [-0.25, -0.2) is 0 Å². The Hall–Kier alpha value is -1.32. The molecule has 1 aliphatic heterocycles. The van der Waals surface area contributed by atoms with E-state index < -0.39 is 0 Å². The molecule has 0 aromatic carbocycles. The van der Waals surface area contributed by atoms with E-state index in [-0.39, 0.29) is 5.91 Å². The maximum Gasteiger partial charge on any atom is 0.276 e. The molecule has 1 saturated heterocycles. The SMILES string of the molecule is O=C(c1noc2c1CCCCC2)N1CCCC[C@@H]2CCCC[C@H]21. The standard InChI is InChI=1S/C19H28N2O2/c22-19(18-15-10-2-1-3-12-17(15)23-20-18)21-13-7-6-9-14-8-4-5-11-16(14)21/h14,16H,1-13H2/t14-,16+/m0/s1. The van der Waals surface area contributed by atoms with Crippen LogP contribution in [0.4, 0.5) is 0 Å². The topological polar surface area (TPSA) is 46.3 Å². The molecular weight excluding hydrogens is 288 g/mol. The summed E-state index contributed by atoms with van der Waals surface area (Å²) in [5.41, 5.74) is 1.75. The lowest BCUT2D eigenvalue weighted by Gasteiger charge is -2.38. The number of aromatic nitrogens is 1. The first-order chi connectivity index (χ1) is 11.3. The van der Waals surface area contributed by atoms with Crippen molar-refractivity contribution in [2.75, 3.05) is 6.54 Å². The van der Waals surface area contributed by atoms with E-state index in [0.29, 0.717) is 17.7 Å². The summed E-state index contributed by atoms with van der Waals surface area (Å²) < 4.78 is 5.55. The van der Waals surface area contributed by atoms with E-state index in [9.17, 15) is 4.79 Å². The van der Waals surface area contributed by atoms with Crippen LogP contribution in [-0.2, 0) is 12.8 Å². The van der Waals surface area contributed by atoms with Crippen molar-refractivity contribution in [1.29, 1.82) is 0 Å². The quantitative estimate of drug-likeness (QED) is 0.732. The Kier molecular flexibility index (Phi) is 4.41. The molecular formula is C19H28N2O2. The van der Waals surface area contributed by atoms with Crippen molar-refractivity contribution in [3.05, 3.63) is 17.0 Å². The number of aryl methyl sites for hydroxylation is 1. The van der Waals surface area contributed by atoms with E-state index in [0.717, 1.165) is 50.0 Å². The van der Waals surface area contributed by atoms with Crippen LogP contribution in [0.5, 0.6) is 0 Å². The minimum atomic E-state index is 0.149. The average Bonchev–Trinajstić information content (AvgIpc) is 2.76. The van der Waals surface area contributed by atoms with Crippen LogP contribution in [0.15, 0.2) is 4.52 Å². The minimum absolute atomic E-state index is 0.149. The zero-order valence-corrected chi connectivity index (χ0v) is 14.1. The van der Waals surface area contributed by atoms with E-state index in [1.165, 1.54) is 44.9 Å². The number of carbonyl (C=O) groups excluding carboxylic acids is 1. The Bertz CT molecular complexity index is 566. The molecule has 0 bridgehead atoms. The molecule has 23 heavy (non-hydrogen) atoms. The van der Waals surface area contributed by atoms with Gasteiger partial charge < -0.3 is 9.42 Å². The molecule has 1 aromatic heterocycles. The molecule has 0 radical (unpaired) electrons. The summed E-state index contributed by atoms with van der Waals surface area (Å²) >= 11 is 0. The number of nitrogens with zero attached hydrogens (tertiary/aromatic N) is 2. The maximum absolute atomic E-state index is 13.3. The molecule has 4 rings (SSSR count). The number of carbonyl (C=O) groups is 1. The summed E-state index contributed by atoms with van der Waals surface area (Å²) in [6, 6.07) is 0.442. The fourth-order valence-corrected chi connectivity index (χ4v) is 4.91. The average molecular weight is 316 g/mol. The van der Waals surface area contributed by atoms with Crippen molar-refractivity contribution in [2.24, 2.45) is 5.92 Å². The van der Waals surface area contributed by atoms with Gasteiger partial charge in [-0.15, -0.1) is 0 Å². The maximum atomic E-state index is 13.3. The molecule has 1 amide bonds. The normalized spacial score (nSPS) is 28.4. The van der Waals surface area contributed by atoms with Gasteiger partial charge in [-0.3, -0.25) is 4.79 Å². The molecule has 2 fully saturated rings. The van der Waals surface area contributed by atoms with Gasteiger partial charge in [-0.2, -0.15) is 0 Å². The molecule has 0 spiro atoms. The Morgan fingerprint density at radius 2 is 1.74 bits per heavy atom. The monoisotopic (exact) mass is 316 g/mol. The van der Waals surface area contributed by atoms with Crippen molar-refractivity contribution >= 4 is 5.91 Å². The third-order valence-corrected chi connectivity index (χ3v) is 6.16. The summed E-state index contributed by atoms with van der Waals surface area (Å²) in [5, 5.41) is 4.22. The lowest BCUT2D eigenvalue weighted by molar-refractivity contribution is 0.0557. The number of fused-ring (bicyclic) bond motifs is 2. The van der Waals surface area contributed by atoms with Crippen LogP contribution in [0.2, 0.25) is 0 Å². The zero-order chi connectivity index (χ0) is 15.6. The molecule has 3 aliphatic rings. The van der Waals surface area contributed by atoms with Gasteiger partial charge >= 0.3 is 0 Å². The highest BCUT2D eigenvalue weighted by Crippen LogP contribution is 2.36. The second-order valence-corrected chi connectivity index (χ2v) is 7.60. The van der Waals surface area contributed by atoms with Crippen LogP contribution in [0, 0.1) is 5.92 Å². The Morgan fingerprint density at radius 3 is 2.65 bits per heavy atom. The third kappa shape index (κ3) is 2.92. The number of likely N-dealkylation sites (tertiary alicyclic amines) is 1. The Balaban J connectivity index is 1.61. The number of rotatable bonds is 1. The fraction of sp³-hybridized carbons (Fsp3) is 0.789. The molecule has 0 N–H and O–H groups in total. The first kappa shape index (κ1) is 15.2. The van der Waals surface area contributed by atoms with Crippen LogP contribution in [-0.4, -0.2) is 28.6 Å². The Labute approximate surface area is 138 Å². The van der Waals surface area contributed by atoms with E-state index in [1.54, 1.807) is 0 Å². The van der Waals surface area contributed by atoms with E-state index in [1.807, 2.05) is 0 Å². The predicted octanol–water partition coefficient (Wildman–Crippen LogP) is 4.13. The van der Waals surface area contributed by atoms with Gasteiger partial charge in [0.05, 0.1) is 0 Å². The summed E-state index contributed by atoms with van der Waals surface area (Å²) in [5.74, 6) is 1.83. The molecule has 126 valence electrons. The van der Waals surface area contributed by atoms with Crippen LogP contribution in [0.3, 0.4) is 0 Å². The predicted molar refractivity (Wildman–Crippen MR) is 88.4 cm³/mol. The Morgan fingerprint density at radius 1 is 0.957 bits per heavy atom. The minimum Gasteiger partial charge on any atom is -0.360 e. The van der Waals surface area contributed by atoms with Gasteiger partial charge in [0, 0.05) is 24.6 Å². The number of amides is 1. The van der Waals surface area contributed by atoms with Gasteiger partial charge in [0.25, 0.3) is 5.91 Å². The third-order valence-electron chi connectivity index (χ3n) is 6.16. The first-order valence-electron chi connectivity index (χ1n) is 9.63. The van der Waals surface area contributed by atoms with Gasteiger partial charge in [-0.1, -0.05) is 30.8 Å². The largest absolute Gasteiger partial charge is 0.360 e. The molecule has 2 aliphatic carbocycles. The molecule has 1 aromatic rings. The molecule has 4 nitrogen and oxygen atoms in total. The fourth-order valence-electron chi connectivity index (χ4n) is 4.91. The smallest absolute Gasteiger partial charge is 0.276 e. The molecule has 4 heteroatoms. The highest BCUT2D eigenvalue weighted by molar-refractivity contribution is 5.94. The first-order valence-corrected chi connectivity index (χ1v) is 9.63. The summed E-state index contributed by atoms with van der Waals surface area (Å²) in [6.07, 6.45) is 14.2. The van der Waals surface area contributed by atoms with Crippen LogP contribution in [0.1, 0.15) is 86.0 Å². The number of hydrogen-bond donors (Lipinski definition) is 0. The molecule has 0 unspecified atom stereocenters. The van der Waals surface area contributed by atoms with Crippen molar-refractivity contribution < 1.29 is 9.32 Å². The summed E-state index contributed by atoms with van der Waals surface area (Å²) in [6.45, 7) is 0.904. The van der Waals surface area contributed by atoms with Crippen LogP contribution >= 0.6 is 0 Å². The lowest BCUT2D eigenvalue weighted by atomic mass is 9.81. The van der Waals surface area contributed by atoms with Gasteiger partial charge in [0.1, 0.15) is 5.76 Å². The summed E-state index contributed by atoms with van der Waals surface area (Å²) in [7, 11) is 0. The van der Waals surface area contributed by atoms with Gasteiger partial charge in [-0.05, 0) is 50.9 Å². The van der Waals surface area contributed by atoms with Crippen molar-refractivity contribution in [3.8, 4) is 0 Å². The zero-order valence-electron chi connectivity index (χ0n) is 14.1. The second-order valence-electron chi connectivity index (χ2n) is 7.60. The summed E-state index contributed by atoms with van der Waals surface area (Å²) in [4.78, 5) is 15.4. The van der Waals surface area contributed by atoms with Crippen molar-refractivity contribution in [2.45, 2.75) is 83.1 Å². The van der Waals surface area contributed by atoms with Crippen LogP contribution in [0.25, 0.3) is 0 Å². The van der Waals surface area contributed by atoms with E-state index in [2.05, 4.69) is 10.1 Å².